The third kappa shape index (κ3) is 10.6. The van der Waals surface area contributed by atoms with Gasteiger partial charge in [0.05, 0.1) is 6.54 Å². The molecule has 1 unspecified atom stereocenters. The van der Waals surface area contributed by atoms with Crippen molar-refractivity contribution in [3.05, 3.63) is 59.8 Å². The highest BCUT2D eigenvalue weighted by molar-refractivity contribution is 14.0. The van der Waals surface area contributed by atoms with Crippen molar-refractivity contribution in [1.29, 1.82) is 0 Å². The van der Waals surface area contributed by atoms with E-state index in [1.54, 1.807) is 6.20 Å². The Balaban J connectivity index is 0.00000512. The highest BCUT2D eigenvalue weighted by Crippen LogP contribution is 2.17. The molecular formula is C25H40IN5O. The number of ether oxygens (including phenoxy) is 1. The fraction of sp³-hybridized carbons (Fsp3) is 0.520. The van der Waals surface area contributed by atoms with E-state index in [-0.39, 0.29) is 24.0 Å². The fourth-order valence-electron chi connectivity index (χ4n) is 3.35. The van der Waals surface area contributed by atoms with Gasteiger partial charge in [-0.1, -0.05) is 50.2 Å². The number of hydrogen-bond acceptors (Lipinski definition) is 4. The Hall–Kier alpha value is -1.87. The Morgan fingerprint density at radius 3 is 2.53 bits per heavy atom. The van der Waals surface area contributed by atoms with Crippen molar-refractivity contribution in [3.63, 3.8) is 0 Å². The van der Waals surface area contributed by atoms with Crippen molar-refractivity contribution in [2.75, 3.05) is 26.2 Å². The van der Waals surface area contributed by atoms with Crippen LogP contribution in [0.5, 0.6) is 5.88 Å². The Morgan fingerprint density at radius 2 is 1.84 bits per heavy atom. The molecule has 0 bridgehead atoms. The number of halogens is 1. The van der Waals surface area contributed by atoms with Gasteiger partial charge < -0.3 is 20.3 Å². The lowest BCUT2D eigenvalue weighted by Crippen LogP contribution is -2.42. The first-order valence-corrected chi connectivity index (χ1v) is 11.5. The van der Waals surface area contributed by atoms with Gasteiger partial charge in [-0.05, 0) is 58.0 Å². The van der Waals surface area contributed by atoms with E-state index in [9.17, 15) is 0 Å². The lowest BCUT2D eigenvalue weighted by molar-refractivity contribution is 0.290. The zero-order valence-electron chi connectivity index (χ0n) is 20.0. The van der Waals surface area contributed by atoms with Crippen LogP contribution in [0.1, 0.15) is 51.7 Å². The predicted molar refractivity (Wildman–Crippen MR) is 145 cm³/mol. The molecule has 2 rings (SSSR count). The topological polar surface area (TPSA) is 61.8 Å². The van der Waals surface area contributed by atoms with Gasteiger partial charge in [0, 0.05) is 24.3 Å². The number of aliphatic imine (C=N–C) groups is 1. The molecule has 0 amide bonds. The molecule has 2 aromatic rings. The molecule has 7 heteroatoms. The van der Waals surface area contributed by atoms with Crippen molar-refractivity contribution in [1.82, 2.24) is 20.5 Å². The molecule has 1 heterocycles. The van der Waals surface area contributed by atoms with E-state index in [1.165, 1.54) is 6.42 Å². The molecule has 0 fully saturated rings. The van der Waals surface area contributed by atoms with Gasteiger partial charge in [-0.3, -0.25) is 0 Å². The zero-order chi connectivity index (χ0) is 22.3. The minimum absolute atomic E-state index is 0. The second-order valence-corrected chi connectivity index (χ2v) is 7.65. The molecule has 1 aromatic carbocycles. The highest BCUT2D eigenvalue weighted by atomic mass is 127. The molecule has 178 valence electrons. The van der Waals surface area contributed by atoms with Gasteiger partial charge >= 0.3 is 0 Å². The summed E-state index contributed by atoms with van der Waals surface area (Å²) in [5.74, 6) is 1.47. The Bertz CT molecular complexity index is 768. The number of aromatic nitrogens is 1. The summed E-state index contributed by atoms with van der Waals surface area (Å²) in [4.78, 5) is 11.7. The van der Waals surface area contributed by atoms with Crippen molar-refractivity contribution < 1.29 is 4.74 Å². The second kappa shape index (κ2) is 16.7. The summed E-state index contributed by atoms with van der Waals surface area (Å²) >= 11 is 0. The summed E-state index contributed by atoms with van der Waals surface area (Å²) < 4.78 is 5.97. The van der Waals surface area contributed by atoms with Crippen LogP contribution in [-0.4, -0.2) is 48.1 Å². The molecule has 0 saturated heterocycles. The first-order valence-electron chi connectivity index (χ1n) is 11.5. The molecule has 0 aliphatic rings. The van der Waals surface area contributed by atoms with E-state index in [0.717, 1.165) is 49.7 Å². The van der Waals surface area contributed by atoms with Crippen molar-refractivity contribution >= 4 is 29.9 Å². The summed E-state index contributed by atoms with van der Waals surface area (Å²) in [7, 11) is 0. The molecule has 0 aliphatic heterocycles. The molecule has 1 atom stereocenters. The number of pyridine rings is 1. The number of nitrogens with zero attached hydrogens (tertiary/aromatic N) is 3. The molecule has 6 nitrogen and oxygen atoms in total. The molecule has 1 aromatic heterocycles. The van der Waals surface area contributed by atoms with Crippen molar-refractivity contribution in [2.24, 2.45) is 4.99 Å². The maximum absolute atomic E-state index is 5.97. The van der Waals surface area contributed by atoms with Crippen LogP contribution in [-0.2, 0) is 13.2 Å². The van der Waals surface area contributed by atoms with Crippen LogP contribution in [0.25, 0.3) is 0 Å². The largest absolute Gasteiger partial charge is 0.473 e. The number of guanidine groups is 1. The van der Waals surface area contributed by atoms with E-state index in [2.05, 4.69) is 60.3 Å². The summed E-state index contributed by atoms with van der Waals surface area (Å²) in [6, 6.07) is 14.4. The van der Waals surface area contributed by atoms with Gasteiger partial charge in [-0.15, -0.1) is 24.0 Å². The lowest BCUT2D eigenvalue weighted by Gasteiger charge is -2.21. The normalized spacial score (nSPS) is 12.2. The van der Waals surface area contributed by atoms with Crippen LogP contribution in [0, 0.1) is 0 Å². The third-order valence-corrected chi connectivity index (χ3v) is 5.21. The van der Waals surface area contributed by atoms with Gasteiger partial charge in [-0.25, -0.2) is 9.98 Å². The monoisotopic (exact) mass is 553 g/mol. The zero-order valence-corrected chi connectivity index (χ0v) is 22.3. The van der Waals surface area contributed by atoms with Gasteiger partial charge in [0.1, 0.15) is 6.61 Å². The van der Waals surface area contributed by atoms with Gasteiger partial charge in [-0.2, -0.15) is 0 Å². The van der Waals surface area contributed by atoms with Crippen LogP contribution >= 0.6 is 24.0 Å². The van der Waals surface area contributed by atoms with E-state index in [4.69, 9.17) is 9.73 Å². The van der Waals surface area contributed by atoms with E-state index < -0.39 is 0 Å². The fourth-order valence-corrected chi connectivity index (χ4v) is 3.35. The SMILES string of the molecule is CCNC(=NCc1cccnc1OCc1ccccc1)NC(C)CCCN(CC)CC.I. The van der Waals surface area contributed by atoms with Crippen LogP contribution in [0.3, 0.4) is 0 Å². The maximum Gasteiger partial charge on any atom is 0.218 e. The second-order valence-electron chi connectivity index (χ2n) is 7.65. The molecular weight excluding hydrogens is 513 g/mol. The van der Waals surface area contributed by atoms with Crippen LogP contribution in [0.2, 0.25) is 0 Å². The van der Waals surface area contributed by atoms with E-state index in [1.807, 2.05) is 30.3 Å². The first kappa shape index (κ1) is 28.2. The first-order chi connectivity index (χ1) is 15.2. The van der Waals surface area contributed by atoms with E-state index in [0.29, 0.717) is 25.1 Å². The molecule has 0 saturated carbocycles. The minimum Gasteiger partial charge on any atom is -0.473 e. The number of rotatable bonds is 13. The number of benzene rings is 1. The smallest absolute Gasteiger partial charge is 0.218 e. The molecule has 32 heavy (non-hydrogen) atoms. The summed E-state index contributed by atoms with van der Waals surface area (Å²) in [5.41, 5.74) is 2.10. The standard InChI is InChI=1S/C25H39N5O.HI/c1-5-26-25(29-21(4)13-12-18-30(6-2)7-3)28-19-23-16-11-17-27-24(23)31-20-22-14-9-8-10-15-22;/h8-11,14-17,21H,5-7,12-13,18-20H2,1-4H3,(H2,26,28,29);1H. The molecule has 0 radical (unpaired) electrons. The highest BCUT2D eigenvalue weighted by Gasteiger charge is 2.09. The number of nitrogens with one attached hydrogen (secondary N) is 2. The third-order valence-electron chi connectivity index (χ3n) is 5.21. The average Bonchev–Trinajstić information content (AvgIpc) is 2.80. The maximum atomic E-state index is 5.97. The summed E-state index contributed by atoms with van der Waals surface area (Å²) in [5, 5.41) is 6.88. The summed E-state index contributed by atoms with van der Waals surface area (Å²) in [6.45, 7) is 13.9. The van der Waals surface area contributed by atoms with Gasteiger partial charge in [0.25, 0.3) is 0 Å². The van der Waals surface area contributed by atoms with Crippen molar-refractivity contribution in [3.8, 4) is 5.88 Å². The van der Waals surface area contributed by atoms with Gasteiger partial charge in [0.15, 0.2) is 5.96 Å². The minimum atomic E-state index is 0. The van der Waals surface area contributed by atoms with Crippen LogP contribution < -0.4 is 15.4 Å². The van der Waals surface area contributed by atoms with E-state index >= 15 is 0 Å². The lowest BCUT2D eigenvalue weighted by atomic mass is 10.2. The quantitative estimate of drug-likeness (QED) is 0.211. The Labute approximate surface area is 211 Å². The molecule has 0 aliphatic carbocycles. The predicted octanol–water partition coefficient (Wildman–Crippen LogP) is 4.84. The van der Waals surface area contributed by atoms with Crippen LogP contribution in [0.15, 0.2) is 53.7 Å². The Kier molecular flexibility index (Phi) is 14.7. The summed E-state index contributed by atoms with van der Waals surface area (Å²) in [6.07, 6.45) is 4.05. The van der Waals surface area contributed by atoms with Crippen molar-refractivity contribution in [2.45, 2.75) is 59.7 Å². The van der Waals surface area contributed by atoms with Gasteiger partial charge in [0.2, 0.25) is 5.88 Å². The average molecular weight is 554 g/mol. The number of hydrogen-bond donors (Lipinski definition) is 2. The Morgan fingerprint density at radius 1 is 1.09 bits per heavy atom. The molecule has 0 spiro atoms. The molecule has 2 N–H and O–H groups in total. The van der Waals surface area contributed by atoms with Crippen LogP contribution in [0.4, 0.5) is 0 Å².